The molecule has 0 bridgehead atoms. The summed E-state index contributed by atoms with van der Waals surface area (Å²) in [6.07, 6.45) is 1.26. The van der Waals surface area contributed by atoms with Gasteiger partial charge in [0.25, 0.3) is 0 Å². The van der Waals surface area contributed by atoms with Gasteiger partial charge in [-0.3, -0.25) is 9.80 Å². The molecule has 0 aliphatic carbocycles. The summed E-state index contributed by atoms with van der Waals surface area (Å²) >= 11 is 0. The quantitative estimate of drug-likeness (QED) is 0.749. The van der Waals surface area contributed by atoms with Crippen molar-refractivity contribution in [1.82, 2.24) is 9.80 Å². The summed E-state index contributed by atoms with van der Waals surface area (Å²) in [6, 6.07) is 4.90. The molecule has 3 rings (SSSR count). The van der Waals surface area contributed by atoms with Crippen LogP contribution >= 0.6 is 0 Å². The molecule has 0 spiro atoms. The lowest BCUT2D eigenvalue weighted by Crippen LogP contribution is -2.16. The highest BCUT2D eigenvalue weighted by Gasteiger charge is 2.23. The fourth-order valence-corrected chi connectivity index (χ4v) is 3.03. The van der Waals surface area contributed by atoms with Crippen LogP contribution in [0.1, 0.15) is 35.6 Å². The zero-order chi connectivity index (χ0) is 11.1. The highest BCUT2D eigenvalue weighted by atomic mass is 15.1. The molecule has 2 nitrogen and oxygen atoms in total. The first-order valence-electron chi connectivity index (χ1n) is 6.30. The Balaban J connectivity index is 1.86. The van der Waals surface area contributed by atoms with E-state index in [9.17, 15) is 0 Å². The lowest BCUT2D eigenvalue weighted by atomic mass is 10.0. The summed E-state index contributed by atoms with van der Waals surface area (Å²) < 4.78 is 0. The molecule has 0 aromatic heterocycles. The van der Waals surface area contributed by atoms with Crippen LogP contribution in [0.25, 0.3) is 0 Å². The van der Waals surface area contributed by atoms with Gasteiger partial charge in [-0.15, -0.1) is 0 Å². The van der Waals surface area contributed by atoms with Crippen LogP contribution in [0, 0.1) is 0 Å². The Kier molecular flexibility index (Phi) is 2.49. The van der Waals surface area contributed by atoms with Gasteiger partial charge in [0.2, 0.25) is 0 Å². The minimum absolute atomic E-state index is 1.14. The summed E-state index contributed by atoms with van der Waals surface area (Å²) in [5.41, 5.74) is 6.25. The van der Waals surface area contributed by atoms with Crippen molar-refractivity contribution in [3.05, 3.63) is 34.4 Å². The van der Waals surface area contributed by atoms with Crippen LogP contribution in [-0.4, -0.2) is 23.4 Å². The van der Waals surface area contributed by atoms with Crippen LogP contribution < -0.4 is 0 Å². The molecule has 1 aromatic carbocycles. The van der Waals surface area contributed by atoms with Crippen molar-refractivity contribution in [3.63, 3.8) is 0 Å². The lowest BCUT2D eigenvalue weighted by Gasteiger charge is -2.12. The molecule has 0 radical (unpaired) electrons. The van der Waals surface area contributed by atoms with Gasteiger partial charge in [0.05, 0.1) is 0 Å². The van der Waals surface area contributed by atoms with Crippen LogP contribution in [-0.2, 0) is 26.2 Å². The summed E-state index contributed by atoms with van der Waals surface area (Å²) in [4.78, 5) is 4.95. The largest absolute Gasteiger partial charge is 0.298 e. The molecule has 0 saturated carbocycles. The first kappa shape index (κ1) is 10.3. The Morgan fingerprint density at radius 1 is 0.938 bits per heavy atom. The molecule has 0 unspecified atom stereocenters. The van der Waals surface area contributed by atoms with Crippen LogP contribution in [0.5, 0.6) is 0 Å². The third-order valence-electron chi connectivity index (χ3n) is 3.73. The maximum atomic E-state index is 2.56. The second kappa shape index (κ2) is 3.86. The molecular weight excluding hydrogens is 196 g/mol. The third kappa shape index (κ3) is 1.66. The Bertz CT molecular complexity index is 376. The molecule has 0 amide bonds. The highest BCUT2D eigenvalue weighted by molar-refractivity contribution is 5.42. The van der Waals surface area contributed by atoms with E-state index in [0.717, 1.165) is 13.1 Å². The van der Waals surface area contributed by atoms with Crippen molar-refractivity contribution in [2.24, 2.45) is 0 Å². The average molecular weight is 216 g/mol. The van der Waals surface area contributed by atoms with Crippen molar-refractivity contribution >= 4 is 0 Å². The second-order valence-electron chi connectivity index (χ2n) is 5.27. The highest BCUT2D eigenvalue weighted by Crippen LogP contribution is 2.30. The fraction of sp³-hybridized carbons (Fsp3) is 0.571. The van der Waals surface area contributed by atoms with Gasteiger partial charge in [-0.05, 0) is 42.3 Å². The van der Waals surface area contributed by atoms with Gasteiger partial charge in [-0.2, -0.15) is 0 Å². The number of nitrogens with zero attached hydrogens (tertiary/aromatic N) is 2. The van der Waals surface area contributed by atoms with Crippen molar-refractivity contribution < 1.29 is 0 Å². The van der Waals surface area contributed by atoms with Gasteiger partial charge in [-0.1, -0.05) is 19.1 Å². The summed E-state index contributed by atoms with van der Waals surface area (Å²) in [7, 11) is 2.20. The van der Waals surface area contributed by atoms with E-state index in [4.69, 9.17) is 0 Å². The van der Waals surface area contributed by atoms with E-state index >= 15 is 0 Å². The zero-order valence-electron chi connectivity index (χ0n) is 10.3. The van der Waals surface area contributed by atoms with Gasteiger partial charge >= 0.3 is 0 Å². The molecule has 2 heterocycles. The van der Waals surface area contributed by atoms with E-state index in [-0.39, 0.29) is 0 Å². The average Bonchev–Trinajstić information content (AvgIpc) is 2.75. The van der Waals surface area contributed by atoms with E-state index in [1.165, 1.54) is 26.1 Å². The molecule has 86 valence electrons. The first-order chi connectivity index (χ1) is 7.76. The van der Waals surface area contributed by atoms with Crippen molar-refractivity contribution in [1.29, 1.82) is 0 Å². The van der Waals surface area contributed by atoms with Crippen molar-refractivity contribution in [2.45, 2.75) is 39.5 Å². The van der Waals surface area contributed by atoms with Crippen LogP contribution in [0.2, 0.25) is 0 Å². The topological polar surface area (TPSA) is 6.48 Å². The van der Waals surface area contributed by atoms with E-state index in [2.05, 4.69) is 35.9 Å². The molecule has 0 saturated heterocycles. The maximum absolute atomic E-state index is 2.56. The molecule has 0 atom stereocenters. The predicted molar refractivity (Wildman–Crippen MR) is 66.0 cm³/mol. The van der Waals surface area contributed by atoms with E-state index in [1.807, 2.05) is 0 Å². The third-order valence-corrected chi connectivity index (χ3v) is 3.73. The van der Waals surface area contributed by atoms with Gasteiger partial charge in [0, 0.05) is 26.2 Å². The first-order valence-corrected chi connectivity index (χ1v) is 6.30. The normalized spacial score (nSPS) is 20.1. The van der Waals surface area contributed by atoms with Gasteiger partial charge in [-0.25, -0.2) is 0 Å². The van der Waals surface area contributed by atoms with Crippen molar-refractivity contribution in [3.8, 4) is 0 Å². The maximum Gasteiger partial charge on any atom is 0.0240 e. The number of hydrogen-bond donors (Lipinski definition) is 0. The summed E-state index contributed by atoms with van der Waals surface area (Å²) in [5, 5.41) is 0. The van der Waals surface area contributed by atoms with Crippen molar-refractivity contribution in [2.75, 3.05) is 13.6 Å². The minimum atomic E-state index is 1.14. The molecule has 1 aromatic rings. The Morgan fingerprint density at radius 2 is 1.44 bits per heavy atom. The van der Waals surface area contributed by atoms with Crippen LogP contribution in [0.15, 0.2) is 12.1 Å². The van der Waals surface area contributed by atoms with Crippen LogP contribution in [0.3, 0.4) is 0 Å². The summed E-state index contributed by atoms with van der Waals surface area (Å²) in [5.74, 6) is 0. The minimum Gasteiger partial charge on any atom is -0.298 e. The number of benzene rings is 1. The van der Waals surface area contributed by atoms with E-state index < -0.39 is 0 Å². The molecule has 2 heteroatoms. The zero-order valence-corrected chi connectivity index (χ0v) is 10.3. The van der Waals surface area contributed by atoms with Crippen LogP contribution in [0.4, 0.5) is 0 Å². The SMILES string of the molecule is CCCN1Cc2cc3c(cc2C1)CN(C)C3. The fourth-order valence-electron chi connectivity index (χ4n) is 3.03. The molecule has 0 N–H and O–H groups in total. The molecule has 2 aliphatic rings. The Hall–Kier alpha value is -0.860. The van der Waals surface area contributed by atoms with E-state index in [1.54, 1.807) is 22.3 Å². The molecule has 0 fully saturated rings. The summed E-state index contributed by atoms with van der Waals surface area (Å²) in [6.45, 7) is 8.10. The van der Waals surface area contributed by atoms with Gasteiger partial charge in [0.15, 0.2) is 0 Å². The van der Waals surface area contributed by atoms with Gasteiger partial charge in [0.1, 0.15) is 0 Å². The Morgan fingerprint density at radius 3 is 1.94 bits per heavy atom. The lowest BCUT2D eigenvalue weighted by molar-refractivity contribution is 0.284. The smallest absolute Gasteiger partial charge is 0.0240 e. The van der Waals surface area contributed by atoms with Gasteiger partial charge < -0.3 is 0 Å². The molecule has 2 aliphatic heterocycles. The number of fused-ring (bicyclic) bond motifs is 2. The molecule has 16 heavy (non-hydrogen) atoms. The second-order valence-corrected chi connectivity index (χ2v) is 5.27. The predicted octanol–water partition coefficient (Wildman–Crippen LogP) is 2.36. The Labute approximate surface area is 97.9 Å². The number of hydrogen-bond acceptors (Lipinski definition) is 2. The van der Waals surface area contributed by atoms with E-state index in [0.29, 0.717) is 0 Å². The number of rotatable bonds is 2. The standard InChI is InChI=1S/C14H20N2/c1-3-4-16-9-13-5-11-7-15(2)8-12(11)6-14(13)10-16/h5-6H,3-4,7-10H2,1-2H3. The monoisotopic (exact) mass is 216 g/mol. The molecular formula is C14H20N2.